The van der Waals surface area contributed by atoms with Gasteiger partial charge in [0.05, 0.1) is 35.4 Å². The van der Waals surface area contributed by atoms with Crippen molar-refractivity contribution in [3.05, 3.63) is 93.6 Å². The second-order valence-corrected chi connectivity index (χ2v) is 13.4. The van der Waals surface area contributed by atoms with E-state index in [1.165, 1.54) is 37.1 Å². The number of ether oxygens (including phenoxy) is 2. The number of benzene rings is 3. The Bertz CT molecular complexity index is 1860. The van der Waals surface area contributed by atoms with Gasteiger partial charge in [0, 0.05) is 12.1 Å². The highest BCUT2D eigenvalue weighted by atomic mass is 19.4. The molecule has 1 saturated heterocycles. The van der Waals surface area contributed by atoms with Gasteiger partial charge in [0.15, 0.2) is 0 Å². The average Bonchev–Trinajstić information content (AvgIpc) is 3.31. The first-order chi connectivity index (χ1) is 23.5. The lowest BCUT2D eigenvalue weighted by atomic mass is 9.72. The summed E-state index contributed by atoms with van der Waals surface area (Å²) in [5.74, 6) is -1.24. The van der Waals surface area contributed by atoms with Crippen LogP contribution >= 0.6 is 0 Å². The monoisotopic (exact) mass is 729 g/mol. The summed E-state index contributed by atoms with van der Waals surface area (Å²) in [5.41, 5.74) is -4.13. The fourth-order valence-electron chi connectivity index (χ4n) is 6.67. The smallest absolute Gasteiger partial charge is 0.417 e. The third kappa shape index (κ3) is 7.81. The zero-order chi connectivity index (χ0) is 37.8. The van der Waals surface area contributed by atoms with Crippen molar-refractivity contribution in [2.24, 2.45) is 5.41 Å². The number of allylic oxidation sites excluding steroid dienone is 1. The van der Waals surface area contributed by atoms with Crippen LogP contribution in [0.15, 0.2) is 60.2 Å². The van der Waals surface area contributed by atoms with Gasteiger partial charge in [0.25, 0.3) is 0 Å². The molecule has 5 rings (SSSR count). The molecule has 274 valence electrons. The van der Waals surface area contributed by atoms with Crippen molar-refractivity contribution in [1.82, 2.24) is 4.90 Å². The van der Waals surface area contributed by atoms with E-state index in [-0.39, 0.29) is 29.2 Å². The summed E-state index contributed by atoms with van der Waals surface area (Å²) < 4.78 is 135. The number of aromatic carboxylic acids is 1. The molecule has 0 radical (unpaired) electrons. The minimum atomic E-state index is -5.11. The molecule has 6 nitrogen and oxygen atoms in total. The van der Waals surface area contributed by atoms with Gasteiger partial charge in [0.1, 0.15) is 11.9 Å². The van der Waals surface area contributed by atoms with Crippen LogP contribution in [0.4, 0.5) is 44.3 Å². The average molecular weight is 730 g/mol. The van der Waals surface area contributed by atoms with Crippen LogP contribution in [-0.2, 0) is 23.3 Å². The van der Waals surface area contributed by atoms with Crippen molar-refractivity contribution in [2.75, 3.05) is 13.7 Å². The summed E-state index contributed by atoms with van der Waals surface area (Å²) in [6.45, 7) is 5.23. The topological polar surface area (TPSA) is 76.1 Å². The fraction of sp³-hybridized carbons (Fsp3) is 0.389. The molecule has 1 fully saturated rings. The van der Waals surface area contributed by atoms with Gasteiger partial charge in [-0.15, -0.1) is 0 Å². The van der Waals surface area contributed by atoms with E-state index in [9.17, 15) is 54.2 Å². The Morgan fingerprint density at radius 1 is 0.902 bits per heavy atom. The number of halogens is 9. The van der Waals surface area contributed by atoms with Crippen LogP contribution in [0.3, 0.4) is 0 Å². The number of cyclic esters (lactones) is 1. The molecule has 1 aliphatic heterocycles. The summed E-state index contributed by atoms with van der Waals surface area (Å²) in [6, 6.07) is 7.04. The maximum Gasteiger partial charge on any atom is 0.417 e. The lowest BCUT2D eigenvalue weighted by molar-refractivity contribution is -0.143. The standard InChI is InChI=1S/C36H32F9NO5/c1-18-30(21-11-23(34(37,38)39)15-24(12-21)35(40,41)42)51-32(49)46(18)17-22-16-33(2,3)10-9-25(22)27-13-19(6-8-29(27)50-4)26-7-5-20(31(47)48)14-28(26)36(43,44)45/h5-8,11-15,18,30H,9-10,16-17H2,1-4H3,(H,47,48)/t18-,30-/m0/s1. The maximum absolute atomic E-state index is 14.2. The molecule has 3 aromatic rings. The van der Waals surface area contributed by atoms with Crippen LogP contribution in [-0.4, -0.2) is 41.8 Å². The molecule has 0 aromatic heterocycles. The second-order valence-electron chi connectivity index (χ2n) is 13.4. The van der Waals surface area contributed by atoms with Gasteiger partial charge in [0.2, 0.25) is 0 Å². The van der Waals surface area contributed by atoms with E-state index < -0.39 is 70.6 Å². The van der Waals surface area contributed by atoms with Crippen LogP contribution in [0.25, 0.3) is 16.7 Å². The van der Waals surface area contributed by atoms with Crippen molar-refractivity contribution in [2.45, 2.75) is 70.7 Å². The number of carbonyl (C=O) groups excluding carboxylic acids is 1. The van der Waals surface area contributed by atoms with Crippen LogP contribution in [0.1, 0.15) is 84.3 Å². The van der Waals surface area contributed by atoms with Crippen molar-refractivity contribution in [1.29, 1.82) is 0 Å². The molecular formula is C36H32F9NO5. The number of rotatable bonds is 7. The third-order valence-electron chi connectivity index (χ3n) is 9.27. The van der Waals surface area contributed by atoms with E-state index >= 15 is 0 Å². The van der Waals surface area contributed by atoms with E-state index in [0.29, 0.717) is 59.9 Å². The van der Waals surface area contributed by atoms with E-state index in [0.717, 1.165) is 12.1 Å². The van der Waals surface area contributed by atoms with Crippen LogP contribution < -0.4 is 4.74 Å². The summed E-state index contributed by atoms with van der Waals surface area (Å²) in [4.78, 5) is 25.9. The highest BCUT2D eigenvalue weighted by Crippen LogP contribution is 2.48. The van der Waals surface area contributed by atoms with Gasteiger partial charge in [-0.2, -0.15) is 39.5 Å². The number of carboxylic acids is 1. The normalized spacial score (nSPS) is 19.7. The Balaban J connectivity index is 1.59. The largest absolute Gasteiger partial charge is 0.496 e. The Labute approximate surface area is 286 Å². The molecule has 1 amide bonds. The lowest BCUT2D eigenvalue weighted by Gasteiger charge is -2.36. The highest BCUT2D eigenvalue weighted by molar-refractivity contribution is 5.89. The molecule has 1 aliphatic carbocycles. The van der Waals surface area contributed by atoms with Gasteiger partial charge < -0.3 is 14.6 Å². The minimum absolute atomic E-state index is 0.0103. The fourth-order valence-corrected chi connectivity index (χ4v) is 6.67. The van der Waals surface area contributed by atoms with E-state index in [1.807, 2.05) is 13.8 Å². The van der Waals surface area contributed by atoms with Crippen molar-refractivity contribution >= 4 is 17.6 Å². The molecule has 0 saturated carbocycles. The van der Waals surface area contributed by atoms with Gasteiger partial charge in [-0.05, 0) is 102 Å². The van der Waals surface area contributed by atoms with Crippen molar-refractivity contribution in [3.63, 3.8) is 0 Å². The van der Waals surface area contributed by atoms with E-state index in [4.69, 9.17) is 9.47 Å². The first-order valence-corrected chi connectivity index (χ1v) is 15.6. The quantitative estimate of drug-likeness (QED) is 0.245. The molecule has 1 heterocycles. The van der Waals surface area contributed by atoms with Gasteiger partial charge in [-0.1, -0.05) is 26.0 Å². The first-order valence-electron chi connectivity index (χ1n) is 15.6. The molecular weight excluding hydrogens is 697 g/mol. The second kappa shape index (κ2) is 13.1. The van der Waals surface area contributed by atoms with Crippen LogP contribution in [0, 0.1) is 5.41 Å². The highest BCUT2D eigenvalue weighted by Gasteiger charge is 2.44. The van der Waals surface area contributed by atoms with Crippen molar-refractivity contribution < 1.29 is 63.7 Å². The molecule has 0 unspecified atom stereocenters. The number of carbonyl (C=O) groups is 2. The number of alkyl halides is 9. The molecule has 0 spiro atoms. The number of carboxylic acid groups (broad SMARTS) is 1. The lowest BCUT2D eigenvalue weighted by Crippen LogP contribution is -2.35. The summed E-state index contributed by atoms with van der Waals surface area (Å²) >= 11 is 0. The number of hydrogen-bond acceptors (Lipinski definition) is 4. The first kappa shape index (κ1) is 37.6. The Morgan fingerprint density at radius 3 is 2.08 bits per heavy atom. The Hall–Kier alpha value is -4.69. The molecule has 51 heavy (non-hydrogen) atoms. The van der Waals surface area contributed by atoms with E-state index in [1.54, 1.807) is 0 Å². The molecule has 1 N–H and O–H groups in total. The molecule has 0 bridgehead atoms. The van der Waals surface area contributed by atoms with Gasteiger partial charge in [-0.3, -0.25) is 4.90 Å². The molecule has 2 atom stereocenters. The predicted octanol–water partition coefficient (Wildman–Crippen LogP) is 10.7. The number of nitrogens with zero attached hydrogens (tertiary/aromatic N) is 1. The predicted molar refractivity (Wildman–Crippen MR) is 167 cm³/mol. The molecule has 3 aromatic carbocycles. The van der Waals surface area contributed by atoms with Crippen LogP contribution in [0.5, 0.6) is 5.75 Å². The van der Waals surface area contributed by atoms with Crippen LogP contribution in [0.2, 0.25) is 0 Å². The SMILES string of the molecule is COc1ccc(-c2ccc(C(=O)O)cc2C(F)(F)F)cc1C1=C(CN2C(=O)O[C@H](c3cc(C(F)(F)F)cc(C(F)(F)F)c3)[C@@H]2C)CC(C)(C)CC1. The molecule has 15 heteroatoms. The number of methoxy groups -OCH3 is 1. The Morgan fingerprint density at radius 2 is 1.53 bits per heavy atom. The zero-order valence-corrected chi connectivity index (χ0v) is 27.6. The summed E-state index contributed by atoms with van der Waals surface area (Å²) in [5, 5.41) is 9.30. The summed E-state index contributed by atoms with van der Waals surface area (Å²) in [6.07, 6.45) is -16.2. The maximum atomic E-state index is 14.2. The van der Waals surface area contributed by atoms with Gasteiger partial charge >= 0.3 is 30.6 Å². The van der Waals surface area contributed by atoms with Crippen molar-refractivity contribution in [3.8, 4) is 16.9 Å². The van der Waals surface area contributed by atoms with E-state index in [2.05, 4.69) is 0 Å². The minimum Gasteiger partial charge on any atom is -0.496 e. The number of amides is 1. The third-order valence-corrected chi connectivity index (χ3v) is 9.27. The molecule has 2 aliphatic rings. The number of hydrogen-bond donors (Lipinski definition) is 1. The Kier molecular flexibility index (Phi) is 9.67. The van der Waals surface area contributed by atoms with Gasteiger partial charge in [-0.25, -0.2) is 9.59 Å². The zero-order valence-electron chi connectivity index (χ0n) is 27.6. The summed E-state index contributed by atoms with van der Waals surface area (Å²) in [7, 11) is 1.36.